The summed E-state index contributed by atoms with van der Waals surface area (Å²) in [5.74, 6) is -7.77. The van der Waals surface area contributed by atoms with Gasteiger partial charge in [0.05, 0.1) is 12.1 Å². The number of hydrogen-bond donors (Lipinski definition) is 13. The van der Waals surface area contributed by atoms with Crippen molar-refractivity contribution in [2.75, 3.05) is 18.8 Å². The number of likely N-dealkylation sites (tertiary alicyclic amines) is 1. The van der Waals surface area contributed by atoms with Crippen molar-refractivity contribution in [3.05, 3.63) is 0 Å². The van der Waals surface area contributed by atoms with Gasteiger partial charge in [0, 0.05) is 18.8 Å². The highest BCUT2D eigenvalue weighted by Crippen LogP contribution is 2.22. The minimum atomic E-state index is -1.41. The summed E-state index contributed by atoms with van der Waals surface area (Å²) in [4.78, 5) is 125. The molecule has 0 aromatic heterocycles. The van der Waals surface area contributed by atoms with Crippen molar-refractivity contribution in [3.8, 4) is 0 Å². The minimum Gasteiger partial charge on any atom is -0.480 e. The summed E-state index contributed by atoms with van der Waals surface area (Å²) in [7, 11) is 0. The number of aliphatic carboxylic acids is 1. The SMILES string of the molecule is CC(C)C[C@H](NC(=O)[C@H](CC(C)C)NC(=O)[C@@H]1CCCN1C(=O)[C@H](CC(C)C)NC(=O)[C@@H](NC(=O)[C@H](C)N)[C@@H](C)O)C(=O)N[C@@H](CS)C(=O)N[C@@H](C)C(=O)N[C@@H](CCCN=C(N)N)C(=O)O. The van der Waals surface area contributed by atoms with Crippen LogP contribution in [-0.2, 0) is 43.2 Å². The normalized spacial score (nSPS) is 17.7. The first kappa shape index (κ1) is 58.8. The number of aliphatic hydroxyl groups excluding tert-OH is 1. The average Bonchev–Trinajstić information content (AvgIpc) is 3.71. The summed E-state index contributed by atoms with van der Waals surface area (Å²) in [6, 6.07) is -10.7. The number of nitrogens with zero attached hydrogens (tertiary/aromatic N) is 2. The van der Waals surface area contributed by atoms with E-state index in [1.165, 1.54) is 25.7 Å². The standard InChI is InChI=1S/C42H76N12O11S/c1-20(2)16-27(36(59)52-30(19-66)37(60)47-24(8)34(57)48-26(41(64)65)12-10-14-46-42(44)45)49-35(58)28(17-21(3)4)50-38(61)31-13-11-15-54(31)40(63)29(18-22(5)6)51-39(62)32(25(9)55)53-33(56)23(7)43/h20-32,55,66H,10-19,43H2,1-9H3,(H,47,60)(H,48,57)(H,49,58)(H,50,61)(H,51,62)(H,52,59)(H,53,56)(H,64,65)(H4,44,45,46)/t23-,24-,25+,26-,27-,28-,29-,30-,31-,32-/m0/s1. The van der Waals surface area contributed by atoms with Gasteiger partial charge in [0.2, 0.25) is 47.3 Å². The second-order valence-electron chi connectivity index (χ2n) is 18.1. The summed E-state index contributed by atoms with van der Waals surface area (Å²) < 4.78 is 0. The highest BCUT2D eigenvalue weighted by Gasteiger charge is 2.41. The first-order valence-corrected chi connectivity index (χ1v) is 23.1. The molecule has 1 aliphatic rings. The van der Waals surface area contributed by atoms with Gasteiger partial charge < -0.3 is 69.5 Å². The summed E-state index contributed by atoms with van der Waals surface area (Å²) in [6.45, 7) is 15.3. The Morgan fingerprint density at radius 1 is 0.652 bits per heavy atom. The Bertz CT molecular complexity index is 1710. The molecule has 0 aromatic rings. The number of hydrogen-bond acceptors (Lipinski definition) is 13. The van der Waals surface area contributed by atoms with Gasteiger partial charge >= 0.3 is 5.97 Å². The third kappa shape index (κ3) is 20.5. The van der Waals surface area contributed by atoms with E-state index in [2.05, 4.69) is 54.8 Å². The van der Waals surface area contributed by atoms with Gasteiger partial charge in [-0.15, -0.1) is 0 Å². The molecule has 0 aliphatic carbocycles. The third-order valence-corrected chi connectivity index (χ3v) is 10.8. The second-order valence-corrected chi connectivity index (χ2v) is 18.5. The summed E-state index contributed by atoms with van der Waals surface area (Å²) in [6.07, 6.45) is 0.0561. The molecule has 0 bridgehead atoms. The van der Waals surface area contributed by atoms with Crippen LogP contribution >= 0.6 is 12.6 Å². The zero-order valence-corrected chi connectivity index (χ0v) is 40.6. The van der Waals surface area contributed by atoms with Gasteiger partial charge in [-0.05, 0) is 83.5 Å². The van der Waals surface area contributed by atoms with Gasteiger partial charge in [0.25, 0.3) is 0 Å². The van der Waals surface area contributed by atoms with Crippen LogP contribution in [0.3, 0.4) is 0 Å². The number of amides is 8. The van der Waals surface area contributed by atoms with Crippen LogP contribution in [0.5, 0.6) is 0 Å². The summed E-state index contributed by atoms with van der Waals surface area (Å²) in [5.41, 5.74) is 16.2. The number of aliphatic hydroxyl groups is 1. The van der Waals surface area contributed by atoms with Crippen molar-refractivity contribution >= 4 is 71.8 Å². The number of carbonyl (C=O) groups is 9. The Balaban J connectivity index is 3.19. The topological polar surface area (TPSA) is 372 Å². The van der Waals surface area contributed by atoms with Gasteiger partial charge in [-0.2, -0.15) is 12.6 Å². The van der Waals surface area contributed by atoms with Crippen LogP contribution in [0.4, 0.5) is 0 Å². The maximum Gasteiger partial charge on any atom is 0.326 e. The number of thiol groups is 1. The number of carbonyl (C=O) groups excluding carboxylic acids is 8. The van der Waals surface area contributed by atoms with Crippen molar-refractivity contribution in [2.45, 2.75) is 168 Å². The Kier molecular flexibility index (Phi) is 25.6. The van der Waals surface area contributed by atoms with E-state index in [4.69, 9.17) is 17.2 Å². The largest absolute Gasteiger partial charge is 0.480 e. The lowest BCUT2D eigenvalue weighted by molar-refractivity contribution is -0.143. The highest BCUT2D eigenvalue weighted by atomic mass is 32.1. The van der Waals surface area contributed by atoms with Crippen molar-refractivity contribution in [1.82, 2.24) is 42.1 Å². The van der Waals surface area contributed by atoms with Crippen LogP contribution in [-0.4, -0.2) is 154 Å². The predicted molar refractivity (Wildman–Crippen MR) is 249 cm³/mol. The number of nitrogens with two attached hydrogens (primary N) is 3. The smallest absolute Gasteiger partial charge is 0.326 e. The lowest BCUT2D eigenvalue weighted by Crippen LogP contribution is -2.61. The maximum absolute atomic E-state index is 14.1. The van der Waals surface area contributed by atoms with Crippen LogP contribution in [0, 0.1) is 17.8 Å². The molecule has 23 nitrogen and oxygen atoms in total. The quantitative estimate of drug-likeness (QED) is 0.0165. The van der Waals surface area contributed by atoms with Gasteiger partial charge in [-0.3, -0.25) is 43.3 Å². The zero-order valence-electron chi connectivity index (χ0n) is 39.7. The van der Waals surface area contributed by atoms with Gasteiger partial charge in [0.1, 0.15) is 48.3 Å². The number of rotatable bonds is 28. The molecule has 0 radical (unpaired) electrons. The lowest BCUT2D eigenvalue weighted by atomic mass is 9.99. The molecular weight excluding hydrogens is 881 g/mol. The van der Waals surface area contributed by atoms with E-state index in [0.29, 0.717) is 6.42 Å². The highest BCUT2D eigenvalue weighted by molar-refractivity contribution is 7.80. The fourth-order valence-corrected chi connectivity index (χ4v) is 7.25. The van der Waals surface area contributed by atoms with E-state index < -0.39 is 114 Å². The Morgan fingerprint density at radius 2 is 1.14 bits per heavy atom. The molecule has 1 heterocycles. The third-order valence-electron chi connectivity index (χ3n) is 10.4. The number of nitrogens with one attached hydrogen (secondary N) is 7. The number of carboxylic acid groups (broad SMARTS) is 1. The average molecular weight is 957 g/mol. The summed E-state index contributed by atoms with van der Waals surface area (Å²) >= 11 is 4.21. The Labute approximate surface area is 392 Å². The molecule has 24 heteroatoms. The first-order chi connectivity index (χ1) is 30.7. The molecule has 0 spiro atoms. The van der Waals surface area contributed by atoms with E-state index >= 15 is 0 Å². The molecule has 10 atom stereocenters. The number of carboxylic acids is 1. The molecule has 15 N–H and O–H groups in total. The van der Waals surface area contributed by atoms with Crippen molar-refractivity contribution in [1.29, 1.82) is 0 Å². The summed E-state index contributed by atoms with van der Waals surface area (Å²) in [5, 5.41) is 37.8. The van der Waals surface area contributed by atoms with E-state index in [9.17, 15) is 53.4 Å². The van der Waals surface area contributed by atoms with E-state index in [1.54, 1.807) is 0 Å². The molecule has 8 amide bonds. The Hall–Kier alpha value is -5.23. The first-order valence-electron chi connectivity index (χ1n) is 22.5. The molecule has 376 valence electrons. The van der Waals surface area contributed by atoms with Gasteiger partial charge in [-0.25, -0.2) is 4.79 Å². The number of guanidine groups is 1. The molecule has 0 saturated carbocycles. The van der Waals surface area contributed by atoms with E-state index in [0.717, 1.165) is 0 Å². The molecule has 0 unspecified atom stereocenters. The van der Waals surface area contributed by atoms with Crippen LogP contribution in [0.25, 0.3) is 0 Å². The fourth-order valence-electron chi connectivity index (χ4n) is 7.00. The second kappa shape index (κ2) is 28.7. The monoisotopic (exact) mass is 957 g/mol. The molecule has 1 saturated heterocycles. The van der Waals surface area contributed by atoms with Gasteiger partial charge in [0.15, 0.2) is 5.96 Å². The fraction of sp³-hybridized carbons (Fsp3) is 0.762. The molecule has 1 aliphatic heterocycles. The number of aliphatic imine (C=N–C) groups is 1. The molecule has 0 aromatic carbocycles. The van der Waals surface area contributed by atoms with E-state index in [1.807, 2.05) is 41.5 Å². The Morgan fingerprint density at radius 3 is 1.62 bits per heavy atom. The van der Waals surface area contributed by atoms with Crippen LogP contribution in [0.15, 0.2) is 4.99 Å². The minimum absolute atomic E-state index is 0.00336. The zero-order chi connectivity index (χ0) is 50.6. The van der Waals surface area contributed by atoms with Crippen molar-refractivity contribution in [2.24, 2.45) is 39.9 Å². The van der Waals surface area contributed by atoms with Crippen LogP contribution < -0.4 is 54.4 Å². The van der Waals surface area contributed by atoms with Crippen LogP contribution in [0.1, 0.15) is 107 Å². The predicted octanol–water partition coefficient (Wildman–Crippen LogP) is -2.67. The lowest BCUT2D eigenvalue weighted by Gasteiger charge is -2.32. The molecular formula is C42H76N12O11S. The van der Waals surface area contributed by atoms with Crippen LogP contribution in [0.2, 0.25) is 0 Å². The van der Waals surface area contributed by atoms with Crippen molar-refractivity contribution < 1.29 is 53.4 Å². The van der Waals surface area contributed by atoms with E-state index in [-0.39, 0.29) is 81.1 Å². The van der Waals surface area contributed by atoms with Gasteiger partial charge in [-0.1, -0.05) is 41.5 Å². The maximum atomic E-state index is 14.1. The molecule has 1 fully saturated rings. The molecule has 66 heavy (non-hydrogen) atoms. The van der Waals surface area contributed by atoms with Crippen molar-refractivity contribution in [3.63, 3.8) is 0 Å². The molecule has 1 rings (SSSR count).